The van der Waals surface area contributed by atoms with Gasteiger partial charge in [-0.2, -0.15) is 5.10 Å². The van der Waals surface area contributed by atoms with E-state index >= 15 is 0 Å². The minimum atomic E-state index is -0.226. The van der Waals surface area contributed by atoms with Crippen molar-refractivity contribution in [1.29, 1.82) is 0 Å². The van der Waals surface area contributed by atoms with Gasteiger partial charge in [-0.1, -0.05) is 18.2 Å². The minimum Gasteiger partial charge on any atom is -0.396 e. The highest BCUT2D eigenvalue weighted by Crippen LogP contribution is 2.23. The molecule has 0 aliphatic carbocycles. The average Bonchev–Trinajstić information content (AvgIpc) is 3.08. The fraction of sp³-hybridized carbons (Fsp3) is 0.438. The second kappa shape index (κ2) is 6.00. The summed E-state index contributed by atoms with van der Waals surface area (Å²) in [5, 5.41) is 17.4. The summed E-state index contributed by atoms with van der Waals surface area (Å²) in [4.78, 5) is 25.7. The van der Waals surface area contributed by atoms with Crippen molar-refractivity contribution in [3.05, 3.63) is 30.0 Å². The van der Waals surface area contributed by atoms with E-state index < -0.39 is 0 Å². The lowest BCUT2D eigenvalue weighted by atomic mass is 10.1. The van der Waals surface area contributed by atoms with E-state index in [0.29, 0.717) is 18.8 Å². The number of aliphatic hydroxyl groups is 1. The molecule has 0 unspecified atom stereocenters. The number of nitrogens with one attached hydrogen (secondary N) is 1. The van der Waals surface area contributed by atoms with Crippen LogP contribution in [0.25, 0.3) is 10.9 Å². The molecular formula is C16H20N4O3. The summed E-state index contributed by atoms with van der Waals surface area (Å²) < 4.78 is 1.69. The third kappa shape index (κ3) is 2.79. The zero-order valence-electron chi connectivity index (χ0n) is 13.2. The van der Waals surface area contributed by atoms with Crippen molar-refractivity contribution in [2.75, 3.05) is 19.7 Å². The van der Waals surface area contributed by atoms with E-state index in [9.17, 15) is 14.7 Å². The van der Waals surface area contributed by atoms with Crippen LogP contribution in [0.2, 0.25) is 0 Å². The Hall–Kier alpha value is -2.41. The quantitative estimate of drug-likeness (QED) is 0.843. The molecule has 2 amide bonds. The smallest absolute Gasteiger partial charge is 0.275 e. The molecule has 2 aromatic rings. The van der Waals surface area contributed by atoms with E-state index in [0.717, 1.165) is 10.9 Å². The Bertz CT molecular complexity index is 755. The molecule has 2 N–H and O–H groups in total. The van der Waals surface area contributed by atoms with Crippen LogP contribution in [0.1, 0.15) is 17.4 Å². The number of carbonyl (C=O) groups excluding carboxylic acids is 2. The number of nitrogens with zero attached hydrogens (tertiary/aromatic N) is 3. The van der Waals surface area contributed by atoms with Crippen LogP contribution in [0.15, 0.2) is 24.3 Å². The van der Waals surface area contributed by atoms with Crippen LogP contribution < -0.4 is 5.32 Å². The molecule has 7 nitrogen and oxygen atoms in total. The number of hydrogen-bond acceptors (Lipinski definition) is 4. The Morgan fingerprint density at radius 2 is 2.09 bits per heavy atom. The van der Waals surface area contributed by atoms with Crippen molar-refractivity contribution < 1.29 is 14.7 Å². The lowest BCUT2D eigenvalue weighted by molar-refractivity contribution is -0.119. The van der Waals surface area contributed by atoms with E-state index in [2.05, 4.69) is 10.4 Å². The van der Waals surface area contributed by atoms with E-state index in [1.165, 1.54) is 6.92 Å². The maximum atomic E-state index is 12.8. The topological polar surface area (TPSA) is 87.5 Å². The van der Waals surface area contributed by atoms with Crippen molar-refractivity contribution in [2.24, 2.45) is 13.0 Å². The molecule has 0 spiro atoms. The zero-order chi connectivity index (χ0) is 16.6. The van der Waals surface area contributed by atoms with Crippen molar-refractivity contribution in [3.8, 4) is 0 Å². The summed E-state index contributed by atoms with van der Waals surface area (Å²) in [7, 11) is 1.81. The fourth-order valence-corrected chi connectivity index (χ4v) is 3.17. The number of carbonyl (C=O) groups is 2. The lowest BCUT2D eigenvalue weighted by Gasteiger charge is -2.16. The molecule has 2 heterocycles. The van der Waals surface area contributed by atoms with Gasteiger partial charge in [0.15, 0.2) is 5.69 Å². The molecule has 23 heavy (non-hydrogen) atoms. The Kier molecular flexibility index (Phi) is 4.04. The summed E-state index contributed by atoms with van der Waals surface area (Å²) in [5.74, 6) is -0.489. The van der Waals surface area contributed by atoms with Crippen LogP contribution in [0.3, 0.4) is 0 Å². The average molecular weight is 316 g/mol. The highest BCUT2D eigenvalue weighted by molar-refractivity contribution is 6.05. The van der Waals surface area contributed by atoms with Gasteiger partial charge in [0.1, 0.15) is 0 Å². The van der Waals surface area contributed by atoms with Gasteiger partial charge in [-0.25, -0.2) is 0 Å². The third-order valence-electron chi connectivity index (χ3n) is 4.31. The van der Waals surface area contributed by atoms with Crippen LogP contribution in [-0.4, -0.2) is 57.3 Å². The molecule has 1 saturated heterocycles. The largest absolute Gasteiger partial charge is 0.396 e. The second-order valence-electron chi connectivity index (χ2n) is 5.95. The highest BCUT2D eigenvalue weighted by Gasteiger charge is 2.36. The van der Waals surface area contributed by atoms with Gasteiger partial charge in [-0.3, -0.25) is 14.3 Å². The van der Waals surface area contributed by atoms with Crippen LogP contribution >= 0.6 is 0 Å². The highest BCUT2D eigenvalue weighted by atomic mass is 16.3. The molecular weight excluding hydrogens is 296 g/mol. The van der Waals surface area contributed by atoms with Crippen LogP contribution in [-0.2, 0) is 11.8 Å². The number of fused-ring (bicyclic) bond motifs is 1. The molecule has 0 radical (unpaired) electrons. The molecule has 2 atom stereocenters. The van der Waals surface area contributed by atoms with Crippen LogP contribution in [0.4, 0.5) is 0 Å². The number of amides is 2. The van der Waals surface area contributed by atoms with Gasteiger partial charge in [0.05, 0.1) is 11.6 Å². The number of rotatable bonds is 3. The van der Waals surface area contributed by atoms with E-state index in [1.807, 2.05) is 24.3 Å². The SMILES string of the molecule is CC(=O)N[C@@H]1CN(C(=O)c2nn(C)c3ccccc23)C[C@H]1CO. The fourth-order valence-electron chi connectivity index (χ4n) is 3.17. The van der Waals surface area contributed by atoms with E-state index in [1.54, 1.807) is 16.6 Å². The van der Waals surface area contributed by atoms with Crippen LogP contribution in [0.5, 0.6) is 0 Å². The van der Waals surface area contributed by atoms with E-state index in [-0.39, 0.29) is 30.4 Å². The molecule has 1 fully saturated rings. The number of aryl methyl sites for hydroxylation is 1. The van der Waals surface area contributed by atoms with Crippen molar-refractivity contribution in [3.63, 3.8) is 0 Å². The van der Waals surface area contributed by atoms with Crippen LogP contribution in [0, 0.1) is 5.92 Å². The first-order chi connectivity index (χ1) is 11.0. The minimum absolute atomic E-state index is 0.0717. The maximum absolute atomic E-state index is 12.8. The molecule has 1 aliphatic rings. The standard InChI is InChI=1S/C16H20N4O3/c1-10(22)17-13-8-20(7-11(13)9-21)16(23)15-12-5-3-4-6-14(12)19(2)18-15/h3-6,11,13,21H,7-9H2,1-2H3,(H,17,22)/t11-,13+/m0/s1. The van der Waals surface area contributed by atoms with Gasteiger partial charge in [0.25, 0.3) is 5.91 Å². The number of aliphatic hydroxyl groups excluding tert-OH is 1. The Labute approximate surface area is 133 Å². The van der Waals surface area contributed by atoms with Crippen molar-refractivity contribution in [1.82, 2.24) is 20.0 Å². The van der Waals surface area contributed by atoms with Crippen molar-refractivity contribution in [2.45, 2.75) is 13.0 Å². The number of benzene rings is 1. The van der Waals surface area contributed by atoms with Crippen molar-refractivity contribution >= 4 is 22.7 Å². The van der Waals surface area contributed by atoms with Gasteiger partial charge >= 0.3 is 0 Å². The Balaban J connectivity index is 1.87. The van der Waals surface area contributed by atoms with Gasteiger partial charge in [-0.05, 0) is 6.07 Å². The van der Waals surface area contributed by atoms with Gasteiger partial charge in [-0.15, -0.1) is 0 Å². The van der Waals surface area contributed by atoms with Gasteiger partial charge in [0, 0.05) is 45.0 Å². The van der Waals surface area contributed by atoms with E-state index in [4.69, 9.17) is 0 Å². The molecule has 122 valence electrons. The predicted molar refractivity (Wildman–Crippen MR) is 84.8 cm³/mol. The molecule has 1 aromatic heterocycles. The number of para-hydroxylation sites is 1. The first-order valence-corrected chi connectivity index (χ1v) is 7.60. The maximum Gasteiger partial charge on any atom is 0.275 e. The van der Waals surface area contributed by atoms with Gasteiger partial charge < -0.3 is 15.3 Å². The second-order valence-corrected chi connectivity index (χ2v) is 5.95. The molecule has 1 aliphatic heterocycles. The summed E-state index contributed by atoms with van der Waals surface area (Å²) in [6.07, 6.45) is 0. The van der Waals surface area contributed by atoms with Gasteiger partial charge in [0.2, 0.25) is 5.91 Å². The normalized spacial score (nSPS) is 20.9. The predicted octanol–water partition coefficient (Wildman–Crippen LogP) is 0.142. The number of hydrogen-bond donors (Lipinski definition) is 2. The molecule has 7 heteroatoms. The summed E-state index contributed by atoms with van der Waals surface area (Å²) in [6.45, 7) is 2.16. The summed E-state index contributed by atoms with van der Waals surface area (Å²) >= 11 is 0. The summed E-state index contributed by atoms with van der Waals surface area (Å²) in [5.41, 5.74) is 1.30. The Morgan fingerprint density at radius 3 is 2.78 bits per heavy atom. The lowest BCUT2D eigenvalue weighted by Crippen LogP contribution is -2.40. The number of likely N-dealkylation sites (tertiary alicyclic amines) is 1. The monoisotopic (exact) mass is 316 g/mol. The molecule has 0 saturated carbocycles. The zero-order valence-corrected chi connectivity index (χ0v) is 13.2. The molecule has 1 aromatic carbocycles. The first-order valence-electron chi connectivity index (χ1n) is 7.60. The first kappa shape index (κ1) is 15.5. The molecule has 3 rings (SSSR count). The summed E-state index contributed by atoms with van der Waals surface area (Å²) in [6, 6.07) is 7.35. The third-order valence-corrected chi connectivity index (χ3v) is 4.31. The Morgan fingerprint density at radius 1 is 1.35 bits per heavy atom. The number of aromatic nitrogens is 2. The molecule has 0 bridgehead atoms.